The van der Waals surface area contributed by atoms with Crippen molar-refractivity contribution in [3.05, 3.63) is 53.6 Å². The number of benzene rings is 2. The molecule has 0 heterocycles. The summed E-state index contributed by atoms with van der Waals surface area (Å²) in [6.45, 7) is 0. The summed E-state index contributed by atoms with van der Waals surface area (Å²) in [6, 6.07) is 12.2. The summed E-state index contributed by atoms with van der Waals surface area (Å²) in [5.74, 6) is 1.03. The Kier molecular flexibility index (Phi) is 3.19. The molecule has 0 aliphatic carbocycles. The molecular formula is C14H14O3. The van der Waals surface area contributed by atoms with Gasteiger partial charge in [0.2, 0.25) is 0 Å². The lowest BCUT2D eigenvalue weighted by atomic mass is 10.0. The molecule has 0 aliphatic heterocycles. The van der Waals surface area contributed by atoms with Crippen LogP contribution in [0.4, 0.5) is 0 Å². The zero-order valence-electron chi connectivity index (χ0n) is 9.55. The number of aromatic hydroxyl groups is 2. The third-order valence-corrected chi connectivity index (χ3v) is 2.66. The van der Waals surface area contributed by atoms with Gasteiger partial charge in [-0.3, -0.25) is 0 Å². The van der Waals surface area contributed by atoms with E-state index in [9.17, 15) is 10.2 Å². The van der Waals surface area contributed by atoms with Gasteiger partial charge >= 0.3 is 0 Å². The van der Waals surface area contributed by atoms with Gasteiger partial charge in [-0.1, -0.05) is 24.3 Å². The van der Waals surface area contributed by atoms with Gasteiger partial charge in [-0.2, -0.15) is 0 Å². The lowest BCUT2D eigenvalue weighted by molar-refractivity contribution is 0.406. The average Bonchev–Trinajstić information content (AvgIpc) is 2.34. The van der Waals surface area contributed by atoms with Crippen molar-refractivity contribution in [2.24, 2.45) is 0 Å². The third-order valence-electron chi connectivity index (χ3n) is 2.66. The largest absolute Gasteiger partial charge is 0.508 e. The van der Waals surface area contributed by atoms with Gasteiger partial charge in [-0.05, 0) is 23.3 Å². The SMILES string of the molecule is COc1ccc(Cc2ccccc2O)c(O)c1. The quantitative estimate of drug-likeness (QED) is 0.852. The van der Waals surface area contributed by atoms with Gasteiger partial charge in [0.25, 0.3) is 0 Å². The maximum absolute atomic E-state index is 9.81. The molecule has 0 amide bonds. The Morgan fingerprint density at radius 1 is 0.941 bits per heavy atom. The summed E-state index contributed by atoms with van der Waals surface area (Å²) in [5.41, 5.74) is 1.54. The zero-order valence-corrected chi connectivity index (χ0v) is 9.55. The van der Waals surface area contributed by atoms with Crippen molar-refractivity contribution in [2.75, 3.05) is 7.11 Å². The first kappa shape index (κ1) is 11.3. The minimum Gasteiger partial charge on any atom is -0.508 e. The maximum atomic E-state index is 9.81. The van der Waals surface area contributed by atoms with Crippen molar-refractivity contribution in [3.63, 3.8) is 0 Å². The standard InChI is InChI=1S/C14H14O3/c1-17-12-7-6-11(14(16)9-12)8-10-4-2-3-5-13(10)15/h2-7,9,15-16H,8H2,1H3. The summed E-state index contributed by atoms with van der Waals surface area (Å²) < 4.78 is 5.01. The van der Waals surface area contributed by atoms with Gasteiger partial charge in [0.1, 0.15) is 17.2 Å². The Bertz CT molecular complexity index is 521. The topological polar surface area (TPSA) is 49.7 Å². The van der Waals surface area contributed by atoms with E-state index in [1.165, 1.54) is 0 Å². The highest BCUT2D eigenvalue weighted by atomic mass is 16.5. The lowest BCUT2D eigenvalue weighted by Gasteiger charge is -2.08. The van der Waals surface area contributed by atoms with E-state index in [2.05, 4.69) is 0 Å². The van der Waals surface area contributed by atoms with Gasteiger partial charge in [-0.25, -0.2) is 0 Å². The van der Waals surface area contributed by atoms with Crippen molar-refractivity contribution in [3.8, 4) is 17.2 Å². The van der Waals surface area contributed by atoms with Gasteiger partial charge in [-0.15, -0.1) is 0 Å². The predicted molar refractivity (Wildman–Crippen MR) is 65.6 cm³/mol. The Labute approximate surface area is 99.9 Å². The number of para-hydroxylation sites is 1. The summed E-state index contributed by atoms with van der Waals surface area (Å²) >= 11 is 0. The van der Waals surface area contributed by atoms with Gasteiger partial charge < -0.3 is 14.9 Å². The summed E-state index contributed by atoms with van der Waals surface area (Å²) in [6.07, 6.45) is 0.489. The highest BCUT2D eigenvalue weighted by Crippen LogP contribution is 2.27. The molecule has 0 saturated carbocycles. The first-order chi connectivity index (χ1) is 8.20. The van der Waals surface area contributed by atoms with Crippen LogP contribution in [0.15, 0.2) is 42.5 Å². The van der Waals surface area contributed by atoms with Crippen LogP contribution in [0, 0.1) is 0 Å². The van der Waals surface area contributed by atoms with Crippen molar-refractivity contribution in [2.45, 2.75) is 6.42 Å². The number of hydrogen-bond acceptors (Lipinski definition) is 3. The number of phenolic OH excluding ortho intramolecular Hbond substituents is 2. The Morgan fingerprint density at radius 3 is 2.29 bits per heavy atom. The third kappa shape index (κ3) is 2.50. The van der Waals surface area contributed by atoms with Gasteiger partial charge in [0.15, 0.2) is 0 Å². The van der Waals surface area contributed by atoms with Crippen LogP contribution in [0.25, 0.3) is 0 Å². The molecule has 0 saturated heterocycles. The number of hydrogen-bond donors (Lipinski definition) is 2. The molecule has 17 heavy (non-hydrogen) atoms. The molecule has 88 valence electrons. The van der Waals surface area contributed by atoms with Crippen LogP contribution in [0.2, 0.25) is 0 Å². The number of rotatable bonds is 3. The van der Waals surface area contributed by atoms with E-state index >= 15 is 0 Å². The molecule has 0 unspecified atom stereocenters. The molecule has 2 aromatic rings. The lowest BCUT2D eigenvalue weighted by Crippen LogP contribution is -1.90. The maximum Gasteiger partial charge on any atom is 0.122 e. The molecule has 0 aliphatic rings. The van der Waals surface area contributed by atoms with E-state index in [1.807, 2.05) is 12.1 Å². The first-order valence-electron chi connectivity index (χ1n) is 5.33. The van der Waals surface area contributed by atoms with E-state index in [1.54, 1.807) is 37.4 Å². The molecule has 3 nitrogen and oxygen atoms in total. The molecule has 0 aromatic heterocycles. The molecule has 0 fully saturated rings. The van der Waals surface area contributed by atoms with Crippen LogP contribution in [-0.2, 0) is 6.42 Å². The van der Waals surface area contributed by atoms with E-state index in [-0.39, 0.29) is 11.5 Å². The van der Waals surface area contributed by atoms with Gasteiger partial charge in [0, 0.05) is 12.5 Å². The van der Waals surface area contributed by atoms with Crippen molar-refractivity contribution >= 4 is 0 Å². The molecule has 2 aromatic carbocycles. The van der Waals surface area contributed by atoms with Crippen LogP contribution >= 0.6 is 0 Å². The summed E-state index contributed by atoms with van der Waals surface area (Å²) in [4.78, 5) is 0. The fourth-order valence-corrected chi connectivity index (χ4v) is 1.69. The smallest absolute Gasteiger partial charge is 0.122 e. The fraction of sp³-hybridized carbons (Fsp3) is 0.143. The Morgan fingerprint density at radius 2 is 1.65 bits per heavy atom. The van der Waals surface area contributed by atoms with E-state index in [0.29, 0.717) is 12.2 Å². The van der Waals surface area contributed by atoms with Gasteiger partial charge in [0.05, 0.1) is 7.11 Å². The Balaban J connectivity index is 2.28. The van der Waals surface area contributed by atoms with Crippen LogP contribution < -0.4 is 4.74 Å². The molecule has 2 rings (SSSR count). The van der Waals surface area contributed by atoms with E-state index in [4.69, 9.17) is 4.74 Å². The minimum absolute atomic E-state index is 0.174. The van der Waals surface area contributed by atoms with Crippen LogP contribution in [0.3, 0.4) is 0 Å². The molecule has 0 spiro atoms. The first-order valence-corrected chi connectivity index (χ1v) is 5.33. The second kappa shape index (κ2) is 4.78. The highest BCUT2D eigenvalue weighted by Gasteiger charge is 2.06. The summed E-state index contributed by atoms with van der Waals surface area (Å²) in [7, 11) is 1.55. The predicted octanol–water partition coefficient (Wildman–Crippen LogP) is 2.70. The summed E-state index contributed by atoms with van der Waals surface area (Å²) in [5, 5.41) is 19.5. The van der Waals surface area contributed by atoms with Crippen LogP contribution in [0.1, 0.15) is 11.1 Å². The van der Waals surface area contributed by atoms with Crippen molar-refractivity contribution in [1.29, 1.82) is 0 Å². The number of methoxy groups -OCH3 is 1. The van der Waals surface area contributed by atoms with Crippen LogP contribution in [0.5, 0.6) is 17.2 Å². The molecule has 0 radical (unpaired) electrons. The highest BCUT2D eigenvalue weighted by molar-refractivity contribution is 5.44. The number of phenols is 2. The van der Waals surface area contributed by atoms with Crippen LogP contribution in [-0.4, -0.2) is 17.3 Å². The molecular weight excluding hydrogens is 216 g/mol. The minimum atomic E-state index is 0.174. The van der Waals surface area contributed by atoms with E-state index < -0.39 is 0 Å². The second-order valence-corrected chi connectivity index (χ2v) is 3.80. The van der Waals surface area contributed by atoms with Crippen molar-refractivity contribution < 1.29 is 14.9 Å². The monoisotopic (exact) mass is 230 g/mol. The number of ether oxygens (including phenoxy) is 1. The van der Waals surface area contributed by atoms with E-state index in [0.717, 1.165) is 11.1 Å². The average molecular weight is 230 g/mol. The fourth-order valence-electron chi connectivity index (χ4n) is 1.69. The normalized spacial score (nSPS) is 10.2. The van der Waals surface area contributed by atoms with Crippen molar-refractivity contribution in [1.82, 2.24) is 0 Å². The second-order valence-electron chi connectivity index (χ2n) is 3.80. The molecule has 0 bridgehead atoms. The molecule has 2 N–H and O–H groups in total. The molecule has 0 atom stereocenters. The molecule has 3 heteroatoms. The Hall–Kier alpha value is -2.16. The zero-order chi connectivity index (χ0) is 12.3.